The van der Waals surface area contributed by atoms with Crippen LogP contribution in [0.5, 0.6) is 0 Å². The Kier molecular flexibility index (Phi) is 6.27. The Morgan fingerprint density at radius 3 is 1.25 bits per heavy atom. The second-order valence-corrected chi connectivity index (χ2v) is 7.31. The van der Waals surface area contributed by atoms with Gasteiger partial charge in [0.25, 0.3) is 0 Å². The molecule has 0 fully saturated rings. The van der Waals surface area contributed by atoms with Gasteiger partial charge in [-0.05, 0) is 38.5 Å². The zero-order chi connectivity index (χ0) is 13.0. The van der Waals surface area contributed by atoms with Crippen molar-refractivity contribution in [3.05, 3.63) is 0 Å². The van der Waals surface area contributed by atoms with Gasteiger partial charge in [0.1, 0.15) is 0 Å². The highest BCUT2D eigenvalue weighted by Gasteiger charge is 2.26. The molecule has 0 aliphatic rings. The van der Waals surface area contributed by atoms with Gasteiger partial charge >= 0.3 is 0 Å². The predicted molar refractivity (Wildman–Crippen MR) is 72.3 cm³/mol. The number of hydrogen-bond donors (Lipinski definition) is 0. The summed E-state index contributed by atoms with van der Waals surface area (Å²) in [5.41, 5.74) is 0. The molecule has 0 spiro atoms. The summed E-state index contributed by atoms with van der Waals surface area (Å²) in [6.45, 7) is 12.2. The van der Waals surface area contributed by atoms with Gasteiger partial charge in [-0.3, -0.25) is 0 Å². The first-order valence-electron chi connectivity index (χ1n) is 5.86. The third-order valence-electron chi connectivity index (χ3n) is 2.03. The van der Waals surface area contributed by atoms with Crippen LogP contribution in [0.4, 0.5) is 0 Å². The van der Waals surface area contributed by atoms with Crippen molar-refractivity contribution in [3.63, 3.8) is 0 Å². The molecule has 0 unspecified atom stereocenters. The maximum atomic E-state index is 6.25. The molecule has 16 heavy (non-hydrogen) atoms. The number of alkyl halides is 2. The molecule has 0 saturated carbocycles. The van der Waals surface area contributed by atoms with Crippen LogP contribution in [0.15, 0.2) is 10.2 Å². The van der Waals surface area contributed by atoms with Gasteiger partial charge in [-0.2, -0.15) is 10.2 Å². The first-order chi connectivity index (χ1) is 7.04. The second-order valence-electron chi connectivity index (χ2n) is 5.68. The van der Waals surface area contributed by atoms with Gasteiger partial charge in [-0.25, -0.2) is 0 Å². The quantitative estimate of drug-likeness (QED) is 0.348. The van der Waals surface area contributed by atoms with Gasteiger partial charge < -0.3 is 0 Å². The van der Waals surface area contributed by atoms with Crippen LogP contribution >= 0.6 is 23.2 Å². The van der Waals surface area contributed by atoms with Gasteiger partial charge in [0, 0.05) is 0 Å². The zero-order valence-electron chi connectivity index (χ0n) is 11.2. The van der Waals surface area contributed by atoms with Crippen LogP contribution < -0.4 is 0 Å². The van der Waals surface area contributed by atoms with Gasteiger partial charge in [0.2, 0.25) is 0 Å². The molecule has 0 saturated heterocycles. The van der Waals surface area contributed by atoms with Gasteiger partial charge in [-0.15, -0.1) is 0 Å². The molecule has 0 aromatic rings. The van der Waals surface area contributed by atoms with E-state index in [1.165, 1.54) is 0 Å². The van der Waals surface area contributed by atoms with E-state index in [2.05, 4.69) is 37.9 Å². The van der Waals surface area contributed by atoms with Crippen LogP contribution in [-0.2, 0) is 0 Å². The molecule has 0 aliphatic carbocycles. The van der Waals surface area contributed by atoms with E-state index in [1.807, 2.05) is 13.8 Å². The fraction of sp³-hybridized carbons (Fsp3) is 1.00. The third kappa shape index (κ3) is 8.35. The van der Waals surface area contributed by atoms with E-state index in [4.69, 9.17) is 23.2 Å². The van der Waals surface area contributed by atoms with Crippen molar-refractivity contribution in [3.8, 4) is 0 Å². The van der Waals surface area contributed by atoms with Crippen molar-refractivity contribution >= 4 is 23.2 Å². The minimum atomic E-state index is -0.638. The fourth-order valence-electron chi connectivity index (χ4n) is 1.78. The molecule has 0 radical (unpaired) electrons. The standard InChI is InChI=1S/C12H24Cl2N2/c1-9(2)7-11(5,13)15-16-12(6,14)8-10(3)4/h9-10H,7-8H2,1-6H3/b16-15+/t11-,12+. The summed E-state index contributed by atoms with van der Waals surface area (Å²) >= 11 is 12.5. The van der Waals surface area contributed by atoms with E-state index >= 15 is 0 Å². The average molecular weight is 267 g/mol. The predicted octanol–water partition coefficient (Wildman–Crippen LogP) is 5.44. The molecule has 0 bridgehead atoms. The molecule has 96 valence electrons. The summed E-state index contributed by atoms with van der Waals surface area (Å²) in [5.74, 6) is 0.987. The zero-order valence-corrected chi connectivity index (χ0v) is 12.7. The monoisotopic (exact) mass is 266 g/mol. The Morgan fingerprint density at radius 1 is 0.812 bits per heavy atom. The molecular weight excluding hydrogens is 243 g/mol. The van der Waals surface area contributed by atoms with Crippen LogP contribution in [0.2, 0.25) is 0 Å². The SMILES string of the molecule is CC(C)C[C@](C)(Cl)/N=N/[C@](C)(Cl)CC(C)C. The summed E-state index contributed by atoms with van der Waals surface area (Å²) in [5, 5.41) is 8.36. The lowest BCUT2D eigenvalue weighted by Crippen LogP contribution is -2.20. The third-order valence-corrected chi connectivity index (χ3v) is 2.49. The minimum absolute atomic E-state index is 0.494. The highest BCUT2D eigenvalue weighted by atomic mass is 35.5. The van der Waals surface area contributed by atoms with Crippen molar-refractivity contribution in [2.24, 2.45) is 22.1 Å². The lowest BCUT2D eigenvalue weighted by Gasteiger charge is -2.22. The molecule has 0 aromatic heterocycles. The normalized spacial score (nSPS) is 20.4. The Morgan fingerprint density at radius 2 is 1.06 bits per heavy atom. The largest absolute Gasteiger partial charge is 0.170 e. The summed E-state index contributed by atoms with van der Waals surface area (Å²) < 4.78 is 0. The highest BCUT2D eigenvalue weighted by molar-refractivity contribution is 6.24. The van der Waals surface area contributed by atoms with E-state index < -0.39 is 10.00 Å². The molecule has 0 heterocycles. The number of azo groups is 1. The molecule has 2 nitrogen and oxygen atoms in total. The average Bonchev–Trinajstić information content (AvgIpc) is 1.96. The van der Waals surface area contributed by atoms with Crippen LogP contribution in [0.25, 0.3) is 0 Å². The van der Waals surface area contributed by atoms with E-state index in [-0.39, 0.29) is 0 Å². The van der Waals surface area contributed by atoms with Gasteiger partial charge in [0.15, 0.2) is 10.00 Å². The molecule has 2 atom stereocenters. The van der Waals surface area contributed by atoms with Crippen LogP contribution in [0.1, 0.15) is 54.4 Å². The number of rotatable bonds is 6. The van der Waals surface area contributed by atoms with E-state index in [9.17, 15) is 0 Å². The minimum Gasteiger partial charge on any atom is -0.170 e. The van der Waals surface area contributed by atoms with E-state index in [1.54, 1.807) is 0 Å². The molecule has 4 heteroatoms. The van der Waals surface area contributed by atoms with E-state index in [0.717, 1.165) is 12.8 Å². The van der Waals surface area contributed by atoms with Crippen molar-refractivity contribution in [2.45, 2.75) is 64.4 Å². The number of hydrogen-bond acceptors (Lipinski definition) is 2. The number of halogens is 2. The first-order valence-corrected chi connectivity index (χ1v) is 6.61. The molecular formula is C12H24Cl2N2. The summed E-state index contributed by atoms with van der Waals surface area (Å²) in [4.78, 5) is -1.28. The van der Waals surface area contributed by atoms with Crippen molar-refractivity contribution in [1.82, 2.24) is 0 Å². The van der Waals surface area contributed by atoms with Gasteiger partial charge in [-0.1, -0.05) is 50.9 Å². The second kappa shape index (κ2) is 6.20. The molecule has 0 aliphatic heterocycles. The molecule has 0 amide bonds. The summed E-state index contributed by atoms with van der Waals surface area (Å²) in [6.07, 6.45) is 1.60. The first kappa shape index (κ1) is 16.2. The van der Waals surface area contributed by atoms with Crippen molar-refractivity contribution in [2.75, 3.05) is 0 Å². The lowest BCUT2D eigenvalue weighted by atomic mass is 10.0. The smallest absolute Gasteiger partial charge is 0.152 e. The molecule has 0 aromatic carbocycles. The summed E-state index contributed by atoms with van der Waals surface area (Å²) in [7, 11) is 0. The fourth-order valence-corrected chi connectivity index (χ4v) is 2.47. The Hall–Kier alpha value is 0.180. The molecule has 0 rings (SSSR count). The molecule has 0 N–H and O–H groups in total. The maximum absolute atomic E-state index is 6.25. The Labute approximate surface area is 110 Å². The Balaban J connectivity index is 4.45. The van der Waals surface area contributed by atoms with Gasteiger partial charge in [0.05, 0.1) is 0 Å². The van der Waals surface area contributed by atoms with E-state index in [0.29, 0.717) is 11.8 Å². The van der Waals surface area contributed by atoms with Crippen molar-refractivity contribution in [1.29, 1.82) is 0 Å². The van der Waals surface area contributed by atoms with Crippen LogP contribution in [-0.4, -0.2) is 10.00 Å². The van der Waals surface area contributed by atoms with Crippen molar-refractivity contribution < 1.29 is 0 Å². The Bertz CT molecular complexity index is 209. The van der Waals surface area contributed by atoms with Crippen LogP contribution in [0.3, 0.4) is 0 Å². The van der Waals surface area contributed by atoms with Crippen LogP contribution in [0, 0.1) is 11.8 Å². The number of nitrogens with zero attached hydrogens (tertiary/aromatic N) is 2. The lowest BCUT2D eigenvalue weighted by molar-refractivity contribution is 0.420. The summed E-state index contributed by atoms with van der Waals surface area (Å²) in [6, 6.07) is 0. The topological polar surface area (TPSA) is 24.7 Å². The highest BCUT2D eigenvalue weighted by Crippen LogP contribution is 2.31. The maximum Gasteiger partial charge on any atom is 0.152 e.